The third kappa shape index (κ3) is 4.00. The lowest BCUT2D eigenvalue weighted by Gasteiger charge is -2.15. The van der Waals surface area contributed by atoms with E-state index in [1.165, 1.54) is 14.7 Å². The van der Waals surface area contributed by atoms with Gasteiger partial charge in [0.25, 0.3) is 0 Å². The second-order valence-electron chi connectivity index (χ2n) is 2.58. The first-order valence-corrected chi connectivity index (χ1v) is 3.43. The van der Waals surface area contributed by atoms with Crippen LogP contribution < -0.4 is 5.23 Å². The SMILES string of the molecule is CO[B]N[C@@H](C(=O)O)C(C)C. The van der Waals surface area contributed by atoms with Crippen LogP contribution in [0.1, 0.15) is 13.8 Å². The molecule has 0 rings (SSSR count). The number of aliphatic carboxylic acids is 1. The third-order valence-corrected chi connectivity index (χ3v) is 1.30. The first-order chi connectivity index (χ1) is 5.09. The Balaban J connectivity index is 3.80. The Bertz CT molecular complexity index is 129. The molecule has 0 spiro atoms. The van der Waals surface area contributed by atoms with Crippen molar-refractivity contribution in [1.29, 1.82) is 0 Å². The van der Waals surface area contributed by atoms with Crippen LogP contribution in [-0.2, 0) is 9.45 Å². The summed E-state index contributed by atoms with van der Waals surface area (Å²) in [6.07, 6.45) is 0. The Labute approximate surface area is 67.2 Å². The average molecular weight is 158 g/mol. The van der Waals surface area contributed by atoms with E-state index in [1.54, 1.807) is 0 Å². The maximum Gasteiger partial charge on any atom is 0.396 e. The van der Waals surface area contributed by atoms with Crippen LogP contribution in [0.4, 0.5) is 0 Å². The van der Waals surface area contributed by atoms with Crippen molar-refractivity contribution in [3.05, 3.63) is 0 Å². The van der Waals surface area contributed by atoms with Crippen LogP contribution in [0.5, 0.6) is 0 Å². The summed E-state index contributed by atoms with van der Waals surface area (Å²) in [4.78, 5) is 10.5. The van der Waals surface area contributed by atoms with E-state index >= 15 is 0 Å². The lowest BCUT2D eigenvalue weighted by atomic mass is 10.0. The monoisotopic (exact) mass is 158 g/mol. The maximum atomic E-state index is 10.5. The molecule has 0 unspecified atom stereocenters. The standard InChI is InChI=1S/C6H13BNO3/c1-4(2)5(6(9)10)8-7-11-3/h4-5,8H,1-3H3,(H,9,10)/t5-/m1/s1. The summed E-state index contributed by atoms with van der Waals surface area (Å²) < 4.78 is 4.57. The summed E-state index contributed by atoms with van der Waals surface area (Å²) in [5, 5.41) is 11.3. The number of rotatable bonds is 5. The maximum absolute atomic E-state index is 10.5. The van der Waals surface area contributed by atoms with Gasteiger partial charge in [-0.15, -0.1) is 0 Å². The number of carboxylic acids is 1. The van der Waals surface area contributed by atoms with Crippen LogP contribution in [0.15, 0.2) is 0 Å². The van der Waals surface area contributed by atoms with Crippen molar-refractivity contribution in [2.75, 3.05) is 7.11 Å². The van der Waals surface area contributed by atoms with E-state index in [4.69, 9.17) is 5.11 Å². The summed E-state index contributed by atoms with van der Waals surface area (Å²) in [6.45, 7) is 3.66. The summed E-state index contributed by atoms with van der Waals surface area (Å²) >= 11 is 0. The van der Waals surface area contributed by atoms with Crippen molar-refractivity contribution < 1.29 is 14.6 Å². The zero-order chi connectivity index (χ0) is 8.85. The largest absolute Gasteiger partial charge is 0.480 e. The summed E-state index contributed by atoms with van der Waals surface area (Å²) in [7, 11) is 2.74. The average Bonchev–Trinajstić information content (AvgIpc) is 1.87. The van der Waals surface area contributed by atoms with Gasteiger partial charge in [-0.1, -0.05) is 13.8 Å². The molecule has 0 aliphatic carbocycles. The highest BCUT2D eigenvalue weighted by molar-refractivity contribution is 6.24. The first kappa shape index (κ1) is 10.5. The molecule has 1 radical (unpaired) electrons. The first-order valence-electron chi connectivity index (χ1n) is 3.43. The summed E-state index contributed by atoms with van der Waals surface area (Å²) in [5.41, 5.74) is 0. The highest BCUT2D eigenvalue weighted by Gasteiger charge is 2.20. The van der Waals surface area contributed by atoms with E-state index < -0.39 is 12.0 Å². The zero-order valence-corrected chi connectivity index (χ0v) is 7.00. The Hall–Kier alpha value is -0.545. The van der Waals surface area contributed by atoms with Crippen molar-refractivity contribution in [3.63, 3.8) is 0 Å². The van der Waals surface area contributed by atoms with Crippen molar-refractivity contribution >= 4 is 13.6 Å². The van der Waals surface area contributed by atoms with Gasteiger partial charge in [-0.2, -0.15) is 0 Å². The second-order valence-corrected chi connectivity index (χ2v) is 2.58. The van der Waals surface area contributed by atoms with E-state index in [1.807, 2.05) is 13.8 Å². The number of hydrogen-bond acceptors (Lipinski definition) is 3. The molecule has 0 aromatic heterocycles. The minimum atomic E-state index is -0.867. The van der Waals surface area contributed by atoms with Crippen LogP contribution in [0, 0.1) is 5.92 Å². The summed E-state index contributed by atoms with van der Waals surface area (Å²) in [5.74, 6) is -0.827. The lowest BCUT2D eigenvalue weighted by molar-refractivity contribution is -0.140. The van der Waals surface area contributed by atoms with Crippen LogP contribution in [0.2, 0.25) is 0 Å². The Morgan fingerprint density at radius 2 is 2.18 bits per heavy atom. The van der Waals surface area contributed by atoms with Crippen LogP contribution in [-0.4, -0.2) is 31.8 Å². The normalized spacial score (nSPS) is 13.1. The van der Waals surface area contributed by atoms with Gasteiger partial charge in [-0.3, -0.25) is 4.79 Å². The lowest BCUT2D eigenvalue weighted by Crippen LogP contribution is -2.43. The van der Waals surface area contributed by atoms with Crippen molar-refractivity contribution in [3.8, 4) is 0 Å². The van der Waals surface area contributed by atoms with E-state index in [0.717, 1.165) is 0 Å². The van der Waals surface area contributed by atoms with E-state index in [9.17, 15) is 4.79 Å². The van der Waals surface area contributed by atoms with Gasteiger partial charge in [0.05, 0.1) is 6.04 Å². The van der Waals surface area contributed by atoms with Crippen molar-refractivity contribution in [1.82, 2.24) is 5.23 Å². The van der Waals surface area contributed by atoms with Gasteiger partial charge >= 0.3 is 13.6 Å². The molecule has 11 heavy (non-hydrogen) atoms. The number of nitrogens with one attached hydrogen (secondary N) is 1. The van der Waals surface area contributed by atoms with E-state index in [0.29, 0.717) is 0 Å². The van der Waals surface area contributed by atoms with Crippen LogP contribution in [0.25, 0.3) is 0 Å². The van der Waals surface area contributed by atoms with Crippen LogP contribution in [0.3, 0.4) is 0 Å². The van der Waals surface area contributed by atoms with Crippen molar-refractivity contribution in [2.45, 2.75) is 19.9 Å². The minimum absolute atomic E-state index is 0.0406. The molecule has 4 nitrogen and oxygen atoms in total. The highest BCUT2D eigenvalue weighted by atomic mass is 16.4. The minimum Gasteiger partial charge on any atom is -0.480 e. The molecule has 0 aromatic rings. The van der Waals surface area contributed by atoms with Gasteiger partial charge < -0.3 is 15.0 Å². The Morgan fingerprint density at radius 3 is 2.45 bits per heavy atom. The predicted octanol–water partition coefficient (Wildman–Crippen LogP) is -0.134. The molecule has 0 heterocycles. The molecular weight excluding hydrogens is 145 g/mol. The topological polar surface area (TPSA) is 58.6 Å². The molecule has 1 atom stereocenters. The molecule has 63 valence electrons. The van der Waals surface area contributed by atoms with Gasteiger partial charge in [-0.25, -0.2) is 0 Å². The van der Waals surface area contributed by atoms with Gasteiger partial charge in [-0.05, 0) is 5.92 Å². The molecule has 0 aromatic carbocycles. The van der Waals surface area contributed by atoms with Gasteiger partial charge in [0.1, 0.15) is 0 Å². The highest BCUT2D eigenvalue weighted by Crippen LogP contribution is 2.00. The van der Waals surface area contributed by atoms with Crippen LogP contribution >= 0.6 is 0 Å². The third-order valence-electron chi connectivity index (χ3n) is 1.30. The number of carboxylic acid groups (broad SMARTS) is 1. The van der Waals surface area contributed by atoms with Gasteiger partial charge in [0.15, 0.2) is 0 Å². The summed E-state index contributed by atoms with van der Waals surface area (Å²) in [6, 6.07) is -0.574. The molecule has 0 saturated heterocycles. The van der Waals surface area contributed by atoms with Gasteiger partial charge in [0, 0.05) is 7.11 Å². The predicted molar refractivity (Wildman–Crippen MR) is 42.2 cm³/mol. The van der Waals surface area contributed by atoms with Crippen molar-refractivity contribution in [2.24, 2.45) is 5.92 Å². The van der Waals surface area contributed by atoms with Gasteiger partial charge in [0.2, 0.25) is 0 Å². The Kier molecular flexibility index (Phi) is 4.90. The number of carbonyl (C=O) groups is 1. The smallest absolute Gasteiger partial charge is 0.396 e. The molecule has 0 amide bonds. The second kappa shape index (κ2) is 5.15. The molecule has 2 N–H and O–H groups in total. The number of hydrogen-bond donors (Lipinski definition) is 2. The fourth-order valence-corrected chi connectivity index (χ4v) is 0.690. The molecule has 0 fully saturated rings. The molecule has 0 aliphatic rings. The molecule has 0 aliphatic heterocycles. The Morgan fingerprint density at radius 1 is 1.64 bits per heavy atom. The molecule has 0 bridgehead atoms. The molecule has 5 heteroatoms. The zero-order valence-electron chi connectivity index (χ0n) is 7.00. The molecule has 0 saturated carbocycles. The molecular formula is C6H13BNO3. The fourth-order valence-electron chi connectivity index (χ4n) is 0.690. The van der Waals surface area contributed by atoms with E-state index in [-0.39, 0.29) is 5.92 Å². The fraction of sp³-hybridized carbons (Fsp3) is 0.833. The quantitative estimate of drug-likeness (QED) is 0.547. The van der Waals surface area contributed by atoms with E-state index in [2.05, 4.69) is 9.88 Å².